The number of likely N-dealkylation sites (tertiary alicyclic amines) is 1. The van der Waals surface area contributed by atoms with Crippen LogP contribution in [0.4, 0.5) is 5.82 Å². The number of H-pyrrole nitrogens is 1. The number of nitrogens with zero attached hydrogens (tertiary/aromatic N) is 3. The molecule has 0 unspecified atom stereocenters. The number of methoxy groups -OCH3 is 1. The SMILES string of the molecule is COc1ccc2cc(C(=O)N3CCC(Nc4cc(C)ncn4)CC3)[nH]c2c1. The number of amides is 1. The number of carbonyl (C=O) groups excluding carboxylic acids is 1. The van der Waals surface area contributed by atoms with Gasteiger partial charge in [-0.3, -0.25) is 4.79 Å². The van der Waals surface area contributed by atoms with Crippen LogP contribution in [-0.4, -0.2) is 52.0 Å². The number of piperidine rings is 1. The molecule has 2 aromatic heterocycles. The molecule has 7 heteroatoms. The molecule has 0 saturated carbocycles. The van der Waals surface area contributed by atoms with E-state index in [1.54, 1.807) is 13.4 Å². The number of hydrogen-bond acceptors (Lipinski definition) is 5. The van der Waals surface area contributed by atoms with Gasteiger partial charge in [0.1, 0.15) is 23.6 Å². The lowest BCUT2D eigenvalue weighted by molar-refractivity contribution is 0.0713. The third-order valence-electron chi connectivity index (χ3n) is 5.00. The van der Waals surface area contributed by atoms with E-state index in [0.717, 1.165) is 54.1 Å². The van der Waals surface area contributed by atoms with Gasteiger partial charge in [0.25, 0.3) is 5.91 Å². The van der Waals surface area contributed by atoms with Crippen molar-refractivity contribution in [2.45, 2.75) is 25.8 Å². The monoisotopic (exact) mass is 365 g/mol. The lowest BCUT2D eigenvalue weighted by atomic mass is 10.0. The van der Waals surface area contributed by atoms with E-state index < -0.39 is 0 Å². The minimum absolute atomic E-state index is 0.0431. The van der Waals surface area contributed by atoms with Gasteiger partial charge in [-0.05, 0) is 38.0 Å². The first-order valence-electron chi connectivity index (χ1n) is 9.13. The minimum Gasteiger partial charge on any atom is -0.497 e. The van der Waals surface area contributed by atoms with Crippen molar-refractivity contribution in [3.05, 3.63) is 48.0 Å². The Morgan fingerprint density at radius 3 is 2.78 bits per heavy atom. The Kier molecular flexibility index (Phi) is 4.66. The maximum absolute atomic E-state index is 12.9. The zero-order valence-electron chi connectivity index (χ0n) is 15.5. The fourth-order valence-electron chi connectivity index (χ4n) is 3.49. The molecule has 0 atom stereocenters. The quantitative estimate of drug-likeness (QED) is 0.743. The molecule has 1 amide bonds. The van der Waals surface area contributed by atoms with E-state index in [4.69, 9.17) is 4.74 Å². The molecule has 1 aromatic carbocycles. The van der Waals surface area contributed by atoms with E-state index in [9.17, 15) is 4.79 Å². The highest BCUT2D eigenvalue weighted by atomic mass is 16.5. The maximum atomic E-state index is 12.9. The van der Waals surface area contributed by atoms with Crippen molar-refractivity contribution in [1.82, 2.24) is 19.9 Å². The molecule has 1 aliphatic rings. The molecule has 7 nitrogen and oxygen atoms in total. The molecule has 3 aromatic rings. The van der Waals surface area contributed by atoms with Crippen LogP contribution in [0.3, 0.4) is 0 Å². The molecule has 0 aliphatic carbocycles. The zero-order chi connectivity index (χ0) is 18.8. The molecule has 0 bridgehead atoms. The number of aromatic nitrogens is 3. The van der Waals surface area contributed by atoms with E-state index >= 15 is 0 Å². The molecular weight excluding hydrogens is 342 g/mol. The fourth-order valence-corrected chi connectivity index (χ4v) is 3.49. The van der Waals surface area contributed by atoms with Crippen LogP contribution < -0.4 is 10.1 Å². The van der Waals surface area contributed by atoms with Crippen molar-refractivity contribution in [2.24, 2.45) is 0 Å². The molecule has 0 spiro atoms. The van der Waals surface area contributed by atoms with Crippen LogP contribution in [0.5, 0.6) is 5.75 Å². The molecular formula is C20H23N5O2. The summed E-state index contributed by atoms with van der Waals surface area (Å²) in [7, 11) is 1.64. The first-order valence-corrected chi connectivity index (χ1v) is 9.13. The van der Waals surface area contributed by atoms with Crippen molar-refractivity contribution in [2.75, 3.05) is 25.5 Å². The summed E-state index contributed by atoms with van der Waals surface area (Å²) in [4.78, 5) is 26.4. The number of benzene rings is 1. The second-order valence-electron chi connectivity index (χ2n) is 6.89. The number of carbonyl (C=O) groups is 1. The highest BCUT2D eigenvalue weighted by Crippen LogP contribution is 2.23. The maximum Gasteiger partial charge on any atom is 0.270 e. The topological polar surface area (TPSA) is 83.1 Å². The van der Waals surface area contributed by atoms with E-state index in [2.05, 4.69) is 20.3 Å². The van der Waals surface area contributed by atoms with Crippen LogP contribution >= 0.6 is 0 Å². The zero-order valence-corrected chi connectivity index (χ0v) is 15.5. The highest BCUT2D eigenvalue weighted by molar-refractivity contribution is 5.98. The van der Waals surface area contributed by atoms with Gasteiger partial charge in [0.15, 0.2) is 0 Å². The van der Waals surface area contributed by atoms with Crippen LogP contribution in [0.2, 0.25) is 0 Å². The Hall–Kier alpha value is -3.09. The third kappa shape index (κ3) is 3.72. The molecule has 27 heavy (non-hydrogen) atoms. The molecule has 1 fully saturated rings. The standard InChI is InChI=1S/C20H23N5O2/c1-13-9-19(22-12-21-13)23-15-5-7-25(8-6-15)20(26)18-10-14-3-4-16(27-2)11-17(14)24-18/h3-4,9-12,15,24H,5-8H2,1-2H3,(H,21,22,23). The molecule has 2 N–H and O–H groups in total. The van der Waals surface area contributed by atoms with Gasteiger partial charge in [0.05, 0.1) is 7.11 Å². The van der Waals surface area contributed by atoms with Crippen LogP contribution in [0.25, 0.3) is 10.9 Å². The molecule has 1 aliphatic heterocycles. The van der Waals surface area contributed by atoms with Crippen molar-refractivity contribution >= 4 is 22.6 Å². The van der Waals surface area contributed by atoms with Gasteiger partial charge in [0.2, 0.25) is 0 Å². The van der Waals surface area contributed by atoms with E-state index in [1.165, 1.54) is 0 Å². The summed E-state index contributed by atoms with van der Waals surface area (Å²) in [5.41, 5.74) is 2.47. The van der Waals surface area contributed by atoms with E-state index in [1.807, 2.05) is 42.2 Å². The molecule has 1 saturated heterocycles. The predicted molar refractivity (Wildman–Crippen MR) is 104 cm³/mol. The van der Waals surface area contributed by atoms with Crippen molar-refractivity contribution < 1.29 is 9.53 Å². The first kappa shape index (κ1) is 17.3. The van der Waals surface area contributed by atoms with E-state index in [-0.39, 0.29) is 5.91 Å². The molecule has 4 rings (SSSR count). The number of aromatic amines is 1. The second kappa shape index (κ2) is 7.26. The average molecular weight is 365 g/mol. The number of anilines is 1. The number of fused-ring (bicyclic) bond motifs is 1. The van der Waals surface area contributed by atoms with Gasteiger partial charge in [-0.2, -0.15) is 0 Å². The van der Waals surface area contributed by atoms with Gasteiger partial charge < -0.3 is 19.9 Å². The summed E-state index contributed by atoms with van der Waals surface area (Å²) in [5, 5.41) is 4.45. The smallest absolute Gasteiger partial charge is 0.270 e. The minimum atomic E-state index is 0.0431. The van der Waals surface area contributed by atoms with E-state index in [0.29, 0.717) is 11.7 Å². The highest BCUT2D eigenvalue weighted by Gasteiger charge is 2.24. The lowest BCUT2D eigenvalue weighted by Crippen LogP contribution is -2.42. The van der Waals surface area contributed by atoms with Gasteiger partial charge in [-0.1, -0.05) is 0 Å². The summed E-state index contributed by atoms with van der Waals surface area (Å²) < 4.78 is 5.25. The summed E-state index contributed by atoms with van der Waals surface area (Å²) >= 11 is 0. The summed E-state index contributed by atoms with van der Waals surface area (Å²) in [6, 6.07) is 9.93. The fraction of sp³-hybridized carbons (Fsp3) is 0.350. The summed E-state index contributed by atoms with van der Waals surface area (Å²) in [5.74, 6) is 1.66. The first-order chi connectivity index (χ1) is 13.1. The third-order valence-corrected chi connectivity index (χ3v) is 5.00. The Labute approximate surface area is 157 Å². The average Bonchev–Trinajstić information content (AvgIpc) is 3.11. The Bertz CT molecular complexity index is 960. The Morgan fingerprint density at radius 1 is 1.22 bits per heavy atom. The van der Waals surface area contributed by atoms with Crippen molar-refractivity contribution in [3.8, 4) is 5.75 Å². The van der Waals surface area contributed by atoms with Crippen LogP contribution in [0.15, 0.2) is 36.7 Å². The van der Waals surface area contributed by atoms with Gasteiger partial charge >= 0.3 is 0 Å². The van der Waals surface area contributed by atoms with Crippen molar-refractivity contribution in [1.29, 1.82) is 0 Å². The molecule has 0 radical (unpaired) electrons. The number of aryl methyl sites for hydroxylation is 1. The van der Waals surface area contributed by atoms with Gasteiger partial charge in [-0.25, -0.2) is 9.97 Å². The number of ether oxygens (including phenoxy) is 1. The number of hydrogen-bond donors (Lipinski definition) is 2. The largest absolute Gasteiger partial charge is 0.497 e. The van der Waals surface area contributed by atoms with Crippen LogP contribution in [0.1, 0.15) is 29.0 Å². The van der Waals surface area contributed by atoms with Crippen LogP contribution in [0, 0.1) is 6.92 Å². The summed E-state index contributed by atoms with van der Waals surface area (Å²) in [6.45, 7) is 3.39. The van der Waals surface area contributed by atoms with Crippen molar-refractivity contribution in [3.63, 3.8) is 0 Å². The molecule has 3 heterocycles. The lowest BCUT2D eigenvalue weighted by Gasteiger charge is -2.32. The van der Waals surface area contributed by atoms with Gasteiger partial charge in [0, 0.05) is 47.9 Å². The van der Waals surface area contributed by atoms with Crippen LogP contribution in [-0.2, 0) is 0 Å². The molecule has 140 valence electrons. The Balaban J connectivity index is 1.39. The van der Waals surface area contributed by atoms with Gasteiger partial charge in [-0.15, -0.1) is 0 Å². The summed E-state index contributed by atoms with van der Waals surface area (Å²) in [6.07, 6.45) is 3.35. The second-order valence-corrected chi connectivity index (χ2v) is 6.89. The number of nitrogens with one attached hydrogen (secondary N) is 2. The predicted octanol–water partition coefficient (Wildman–Crippen LogP) is 2.99. The Morgan fingerprint density at radius 2 is 2.04 bits per heavy atom. The number of rotatable bonds is 4. The normalized spacial score (nSPS) is 15.1.